The number of aliphatic imine (C=N–C) groups is 1. The molecular formula is C25H32F5N5O4S. The maximum Gasteiger partial charge on any atom is 0.408 e. The number of carbonyl (C=O) groups excluding carboxylic acids is 2. The fourth-order valence-corrected chi connectivity index (χ4v) is 4.85. The number of thiocarbonyl (C=S) groups is 1. The second kappa shape index (κ2) is 13.3. The summed E-state index contributed by atoms with van der Waals surface area (Å²) in [6.45, 7) is 4.90. The van der Waals surface area contributed by atoms with Crippen molar-refractivity contribution in [2.75, 3.05) is 25.1 Å². The summed E-state index contributed by atoms with van der Waals surface area (Å²) in [6, 6.07) is -3.67. The molecule has 0 aromatic carbocycles. The third-order valence-electron chi connectivity index (χ3n) is 6.90. The molecule has 2 fully saturated rings. The lowest BCUT2D eigenvalue weighted by atomic mass is 10.0. The number of aromatic nitrogens is 1. The normalized spacial score (nSPS) is 23.3. The Morgan fingerprint density at radius 1 is 1.32 bits per heavy atom. The molecule has 2 amide bonds. The first-order valence-corrected chi connectivity index (χ1v) is 13.2. The number of carbonyl (C=O) groups is 2. The minimum absolute atomic E-state index is 0.0371. The van der Waals surface area contributed by atoms with Crippen LogP contribution in [0.3, 0.4) is 0 Å². The van der Waals surface area contributed by atoms with Crippen LogP contribution in [-0.4, -0.2) is 93.6 Å². The lowest BCUT2D eigenvalue weighted by Crippen LogP contribution is -2.47. The Morgan fingerprint density at radius 2 is 2.02 bits per heavy atom. The standard InChI is InChI=1S/C25H32F5N5O4S/c1-4-18(25(28,29)30)34-19-8-14(22(26)27)15(9-31-19)21(40)20(24(38)35-7-5-6-12(35)2)32-13(3)23(37)33-16-10-39-11-17(16)36/h8-9,12,16-18,20,22,36H,4-7,10-11H2,1-3H3,(H,31,34)(H,33,37)/t12-,16-,17-,18-,20?/m0/s1. The highest BCUT2D eigenvalue weighted by molar-refractivity contribution is 7.81. The summed E-state index contributed by atoms with van der Waals surface area (Å²) < 4.78 is 73.0. The van der Waals surface area contributed by atoms with E-state index in [1.165, 1.54) is 18.7 Å². The van der Waals surface area contributed by atoms with Gasteiger partial charge >= 0.3 is 6.18 Å². The number of hydrogen-bond donors (Lipinski definition) is 3. The molecule has 0 radical (unpaired) electrons. The second-order valence-corrected chi connectivity index (χ2v) is 10.2. The first-order valence-electron chi connectivity index (χ1n) is 12.8. The van der Waals surface area contributed by atoms with Crippen molar-refractivity contribution >= 4 is 40.4 Å². The van der Waals surface area contributed by atoms with Gasteiger partial charge in [-0.2, -0.15) is 13.2 Å². The molecule has 9 nitrogen and oxygen atoms in total. The van der Waals surface area contributed by atoms with Crippen molar-refractivity contribution in [1.29, 1.82) is 0 Å². The van der Waals surface area contributed by atoms with Gasteiger partial charge in [-0.25, -0.2) is 13.8 Å². The van der Waals surface area contributed by atoms with Gasteiger partial charge in [0.05, 0.1) is 35.9 Å². The highest BCUT2D eigenvalue weighted by Gasteiger charge is 2.39. The van der Waals surface area contributed by atoms with Gasteiger partial charge in [-0.1, -0.05) is 19.1 Å². The van der Waals surface area contributed by atoms with E-state index in [1.807, 2.05) is 6.92 Å². The first kappa shape index (κ1) is 31.7. The van der Waals surface area contributed by atoms with E-state index in [9.17, 15) is 36.6 Å². The van der Waals surface area contributed by atoms with Crippen molar-refractivity contribution in [3.05, 3.63) is 23.4 Å². The third-order valence-corrected chi connectivity index (χ3v) is 7.34. The van der Waals surface area contributed by atoms with Crippen molar-refractivity contribution in [2.45, 2.75) is 82.9 Å². The Labute approximate surface area is 233 Å². The van der Waals surface area contributed by atoms with Gasteiger partial charge in [0.15, 0.2) is 6.04 Å². The zero-order chi connectivity index (χ0) is 29.8. The highest BCUT2D eigenvalue weighted by atomic mass is 32.1. The fourth-order valence-electron chi connectivity index (χ4n) is 4.53. The molecule has 15 heteroatoms. The van der Waals surface area contributed by atoms with Crippen molar-refractivity contribution in [3.63, 3.8) is 0 Å². The maximum absolute atomic E-state index is 14.1. The maximum atomic E-state index is 14.1. The molecule has 0 saturated carbocycles. The van der Waals surface area contributed by atoms with Crippen LogP contribution >= 0.6 is 12.2 Å². The SMILES string of the molecule is CC[C@H](Nc1cc(C(F)F)c(C(=S)C(N=C(C)C(=O)N[C@H]2COC[C@@H]2O)C(=O)N2CCC[C@@H]2C)cn1)C(F)(F)F. The van der Waals surface area contributed by atoms with Gasteiger partial charge in [0.2, 0.25) is 0 Å². The lowest BCUT2D eigenvalue weighted by molar-refractivity contribution is -0.143. The quantitative estimate of drug-likeness (QED) is 0.165. The minimum atomic E-state index is -4.63. The zero-order valence-corrected chi connectivity index (χ0v) is 23.0. The number of ether oxygens (including phenoxy) is 1. The average molecular weight is 594 g/mol. The highest BCUT2D eigenvalue weighted by Crippen LogP contribution is 2.30. The molecule has 3 N–H and O–H groups in total. The van der Waals surface area contributed by atoms with Crippen molar-refractivity contribution < 1.29 is 41.4 Å². The fraction of sp³-hybridized carbons (Fsp3) is 0.640. The summed E-state index contributed by atoms with van der Waals surface area (Å²) in [7, 11) is 0. The number of halogens is 5. The molecule has 0 spiro atoms. The number of amides is 2. The molecule has 3 rings (SSSR count). The lowest BCUT2D eigenvalue weighted by Gasteiger charge is -2.27. The number of nitrogens with one attached hydrogen (secondary N) is 2. The summed E-state index contributed by atoms with van der Waals surface area (Å²) in [5, 5.41) is 14.6. The van der Waals surface area contributed by atoms with Gasteiger partial charge < -0.3 is 25.4 Å². The van der Waals surface area contributed by atoms with Gasteiger partial charge in [-0.3, -0.25) is 14.6 Å². The summed E-state index contributed by atoms with van der Waals surface area (Å²) in [5.74, 6) is -1.75. The van der Waals surface area contributed by atoms with Crippen LogP contribution in [0.4, 0.5) is 27.8 Å². The largest absolute Gasteiger partial charge is 0.408 e. The van der Waals surface area contributed by atoms with Gasteiger partial charge in [0, 0.05) is 29.9 Å². The molecule has 40 heavy (non-hydrogen) atoms. The van der Waals surface area contributed by atoms with Crippen LogP contribution < -0.4 is 10.6 Å². The Hall–Kier alpha value is -2.78. The first-order chi connectivity index (χ1) is 18.7. The number of alkyl halides is 5. The Bertz CT molecular complexity index is 1140. The number of pyridine rings is 1. The average Bonchev–Trinajstić information content (AvgIpc) is 3.51. The van der Waals surface area contributed by atoms with Crippen molar-refractivity contribution in [1.82, 2.24) is 15.2 Å². The van der Waals surface area contributed by atoms with Crippen molar-refractivity contribution in [3.8, 4) is 0 Å². The molecule has 2 aliphatic heterocycles. The predicted octanol–water partition coefficient (Wildman–Crippen LogP) is 3.21. The topological polar surface area (TPSA) is 116 Å². The minimum Gasteiger partial charge on any atom is -0.388 e. The van der Waals surface area contributed by atoms with Crippen LogP contribution in [0.25, 0.3) is 0 Å². The van der Waals surface area contributed by atoms with E-state index in [2.05, 4.69) is 20.6 Å². The number of nitrogens with zero attached hydrogens (tertiary/aromatic N) is 3. The molecule has 0 bridgehead atoms. The summed E-state index contributed by atoms with van der Waals surface area (Å²) in [6.07, 6.45) is -6.79. The van der Waals surface area contributed by atoms with Gasteiger partial charge in [-0.05, 0) is 39.2 Å². The monoisotopic (exact) mass is 593 g/mol. The molecule has 3 heterocycles. The van der Waals surface area contributed by atoms with E-state index >= 15 is 0 Å². The Kier molecular flexibility index (Phi) is 10.5. The van der Waals surface area contributed by atoms with Crippen LogP contribution in [0.15, 0.2) is 17.3 Å². The number of hydrogen-bond acceptors (Lipinski definition) is 8. The van der Waals surface area contributed by atoms with E-state index in [4.69, 9.17) is 17.0 Å². The van der Waals surface area contributed by atoms with E-state index in [-0.39, 0.29) is 41.8 Å². The molecule has 1 aromatic heterocycles. The number of likely N-dealkylation sites (tertiary alicyclic amines) is 1. The van der Waals surface area contributed by atoms with Gasteiger partial charge in [-0.15, -0.1) is 0 Å². The molecule has 222 valence electrons. The van der Waals surface area contributed by atoms with Crippen LogP contribution in [-0.2, 0) is 14.3 Å². The molecule has 1 aromatic rings. The summed E-state index contributed by atoms with van der Waals surface area (Å²) in [4.78, 5) is 35.6. The Morgan fingerprint density at radius 3 is 2.55 bits per heavy atom. The molecular weight excluding hydrogens is 561 g/mol. The van der Waals surface area contributed by atoms with Gasteiger partial charge in [0.25, 0.3) is 18.2 Å². The molecule has 2 aliphatic rings. The van der Waals surface area contributed by atoms with Crippen LogP contribution in [0.5, 0.6) is 0 Å². The van der Waals surface area contributed by atoms with E-state index < -0.39 is 60.0 Å². The van der Waals surface area contributed by atoms with Crippen LogP contribution in [0.2, 0.25) is 0 Å². The predicted molar refractivity (Wildman–Crippen MR) is 141 cm³/mol. The smallest absolute Gasteiger partial charge is 0.388 e. The summed E-state index contributed by atoms with van der Waals surface area (Å²) in [5.41, 5.74) is -1.25. The van der Waals surface area contributed by atoms with E-state index in [0.29, 0.717) is 19.4 Å². The van der Waals surface area contributed by atoms with Gasteiger partial charge in [0.1, 0.15) is 11.9 Å². The van der Waals surface area contributed by atoms with Crippen LogP contribution in [0.1, 0.15) is 57.6 Å². The third kappa shape index (κ3) is 7.49. The zero-order valence-electron chi connectivity index (χ0n) is 22.2. The molecule has 5 atom stereocenters. The van der Waals surface area contributed by atoms with E-state index in [1.54, 1.807) is 0 Å². The van der Waals surface area contributed by atoms with E-state index in [0.717, 1.165) is 12.3 Å². The Balaban J connectivity index is 1.97. The number of aliphatic hydroxyl groups is 1. The summed E-state index contributed by atoms with van der Waals surface area (Å²) >= 11 is 5.46. The number of rotatable bonds is 10. The molecule has 1 unspecified atom stereocenters. The number of anilines is 1. The van der Waals surface area contributed by atoms with Crippen molar-refractivity contribution in [2.24, 2.45) is 4.99 Å². The molecule has 0 aliphatic carbocycles. The number of aliphatic hydroxyl groups excluding tert-OH is 1. The van der Waals surface area contributed by atoms with Crippen LogP contribution in [0, 0.1) is 0 Å². The molecule has 2 saturated heterocycles. The second-order valence-electron chi connectivity index (χ2n) is 9.79.